The Balaban J connectivity index is 1.55. The van der Waals surface area contributed by atoms with Crippen molar-refractivity contribution in [1.82, 2.24) is 25.4 Å². The Morgan fingerprint density at radius 1 is 1.14 bits per heavy atom. The number of aromatic nitrogens is 5. The summed E-state index contributed by atoms with van der Waals surface area (Å²) in [5.41, 5.74) is 3.62. The van der Waals surface area contributed by atoms with Crippen LogP contribution < -0.4 is 5.32 Å². The molecule has 0 bridgehead atoms. The summed E-state index contributed by atoms with van der Waals surface area (Å²) in [6.07, 6.45) is 5.32. The summed E-state index contributed by atoms with van der Waals surface area (Å²) in [7, 11) is 0. The van der Waals surface area contributed by atoms with E-state index in [4.69, 9.17) is 4.42 Å². The highest BCUT2D eigenvalue weighted by Gasteiger charge is 2.11. The predicted molar refractivity (Wildman–Crippen MR) is 82.2 cm³/mol. The molecule has 22 heavy (non-hydrogen) atoms. The first-order valence-electron chi connectivity index (χ1n) is 6.91. The van der Waals surface area contributed by atoms with Crippen LogP contribution in [0.3, 0.4) is 0 Å². The lowest BCUT2D eigenvalue weighted by Gasteiger charge is -2.05. The summed E-state index contributed by atoms with van der Waals surface area (Å²) in [5, 5.41) is 18.2. The van der Waals surface area contributed by atoms with Gasteiger partial charge in [-0.25, -0.2) is 4.98 Å². The van der Waals surface area contributed by atoms with Crippen molar-refractivity contribution in [2.24, 2.45) is 0 Å². The van der Waals surface area contributed by atoms with E-state index in [0.717, 1.165) is 39.5 Å². The quantitative estimate of drug-likeness (QED) is 0.538. The van der Waals surface area contributed by atoms with Crippen LogP contribution in [0.1, 0.15) is 11.3 Å². The first-order chi connectivity index (χ1) is 10.8. The van der Waals surface area contributed by atoms with Gasteiger partial charge in [0.05, 0.1) is 24.3 Å². The maximum atomic E-state index is 5.64. The fraction of sp³-hybridized carbons (Fsp3) is 0.133. The van der Waals surface area contributed by atoms with Crippen molar-refractivity contribution < 1.29 is 4.42 Å². The van der Waals surface area contributed by atoms with Gasteiger partial charge in [0.2, 0.25) is 0 Å². The summed E-state index contributed by atoms with van der Waals surface area (Å²) < 4.78 is 5.64. The lowest BCUT2D eigenvalue weighted by molar-refractivity contribution is 0.545. The molecule has 0 aliphatic carbocycles. The van der Waals surface area contributed by atoms with Crippen LogP contribution in [-0.4, -0.2) is 25.4 Å². The van der Waals surface area contributed by atoms with Crippen molar-refractivity contribution in [2.75, 3.05) is 5.32 Å². The van der Waals surface area contributed by atoms with Crippen LogP contribution in [-0.2, 0) is 6.54 Å². The lowest BCUT2D eigenvalue weighted by atomic mass is 10.2. The van der Waals surface area contributed by atoms with Crippen LogP contribution in [0, 0.1) is 6.92 Å². The Morgan fingerprint density at radius 3 is 2.91 bits per heavy atom. The van der Waals surface area contributed by atoms with E-state index in [1.54, 1.807) is 18.6 Å². The third-order valence-electron chi connectivity index (χ3n) is 3.48. The van der Waals surface area contributed by atoms with Gasteiger partial charge < -0.3 is 9.73 Å². The first-order valence-corrected chi connectivity index (χ1v) is 6.91. The topological polar surface area (TPSA) is 95.4 Å². The largest absolute Gasteiger partial charge is 0.460 e. The zero-order chi connectivity index (χ0) is 14.9. The Morgan fingerprint density at radius 2 is 2.05 bits per heavy atom. The molecule has 0 radical (unpaired) electrons. The molecule has 4 aromatic rings. The summed E-state index contributed by atoms with van der Waals surface area (Å²) in [4.78, 5) is 4.30. The van der Waals surface area contributed by atoms with Crippen molar-refractivity contribution in [2.45, 2.75) is 13.5 Å². The number of nitrogens with zero attached hydrogens (tertiary/aromatic N) is 3. The molecule has 0 aliphatic heterocycles. The van der Waals surface area contributed by atoms with Crippen LogP contribution in [0.5, 0.6) is 0 Å². The fourth-order valence-electron chi connectivity index (χ4n) is 2.36. The van der Waals surface area contributed by atoms with E-state index in [0.29, 0.717) is 6.54 Å². The van der Waals surface area contributed by atoms with Gasteiger partial charge in [0.1, 0.15) is 11.5 Å². The third kappa shape index (κ3) is 2.22. The number of H-pyrrole nitrogens is 2. The molecule has 3 N–H and O–H groups in total. The number of anilines is 1. The van der Waals surface area contributed by atoms with Crippen LogP contribution in [0.2, 0.25) is 0 Å². The van der Waals surface area contributed by atoms with E-state index in [1.165, 1.54) is 0 Å². The number of rotatable bonds is 4. The Labute approximate surface area is 125 Å². The molecule has 7 nitrogen and oxygen atoms in total. The SMILES string of the molecule is Cc1ccc(-c2[nH]ncc2CNc2cnc3[nH]ncc3c2)o1. The summed E-state index contributed by atoms with van der Waals surface area (Å²) in [6.45, 7) is 2.54. The van der Waals surface area contributed by atoms with Gasteiger partial charge in [-0.05, 0) is 25.1 Å². The van der Waals surface area contributed by atoms with E-state index >= 15 is 0 Å². The number of hydrogen-bond donors (Lipinski definition) is 3. The van der Waals surface area contributed by atoms with E-state index in [-0.39, 0.29) is 0 Å². The lowest BCUT2D eigenvalue weighted by Crippen LogP contribution is -2.00. The predicted octanol–water partition coefficient (Wildman–Crippen LogP) is 2.86. The standard InChI is InChI=1S/C15H14N6O/c1-9-2-3-13(22-9)14-11(7-18-20-14)5-16-12-4-10-6-19-21-15(10)17-8-12/h2-4,6-8,16H,5H2,1H3,(H,18,20)(H,17,19,21). The molecule has 0 unspecified atom stereocenters. The molecule has 7 heteroatoms. The average Bonchev–Trinajstić information content (AvgIpc) is 3.24. The Bertz CT molecular complexity index is 919. The summed E-state index contributed by atoms with van der Waals surface area (Å²) in [5.74, 6) is 1.66. The summed E-state index contributed by atoms with van der Waals surface area (Å²) in [6, 6.07) is 5.87. The van der Waals surface area contributed by atoms with Crippen LogP contribution in [0.4, 0.5) is 5.69 Å². The second-order valence-electron chi connectivity index (χ2n) is 5.07. The number of aryl methyl sites for hydroxylation is 1. The normalized spacial score (nSPS) is 11.1. The van der Waals surface area contributed by atoms with Crippen molar-refractivity contribution in [3.63, 3.8) is 0 Å². The second-order valence-corrected chi connectivity index (χ2v) is 5.07. The van der Waals surface area contributed by atoms with Gasteiger partial charge in [-0.3, -0.25) is 10.2 Å². The Hall–Kier alpha value is -3.09. The molecule has 0 aliphatic rings. The van der Waals surface area contributed by atoms with Crippen molar-refractivity contribution >= 4 is 16.7 Å². The molecule has 110 valence electrons. The molecule has 0 saturated heterocycles. The highest BCUT2D eigenvalue weighted by atomic mass is 16.3. The molecule has 4 heterocycles. The smallest absolute Gasteiger partial charge is 0.155 e. The van der Waals surface area contributed by atoms with E-state index in [2.05, 4.69) is 30.7 Å². The fourth-order valence-corrected chi connectivity index (χ4v) is 2.36. The zero-order valence-corrected chi connectivity index (χ0v) is 11.9. The number of nitrogens with one attached hydrogen (secondary N) is 3. The second kappa shape index (κ2) is 5.03. The molecule has 0 saturated carbocycles. The number of pyridine rings is 1. The van der Waals surface area contributed by atoms with Crippen molar-refractivity contribution in [1.29, 1.82) is 0 Å². The van der Waals surface area contributed by atoms with Gasteiger partial charge in [0, 0.05) is 17.5 Å². The third-order valence-corrected chi connectivity index (χ3v) is 3.48. The number of furan rings is 1. The molecule has 4 aromatic heterocycles. The summed E-state index contributed by atoms with van der Waals surface area (Å²) >= 11 is 0. The number of aromatic amines is 2. The van der Waals surface area contributed by atoms with Gasteiger partial charge in [-0.2, -0.15) is 10.2 Å². The minimum Gasteiger partial charge on any atom is -0.460 e. The highest BCUT2D eigenvalue weighted by molar-refractivity contribution is 5.77. The monoisotopic (exact) mass is 294 g/mol. The maximum absolute atomic E-state index is 5.64. The van der Waals surface area contributed by atoms with Crippen LogP contribution in [0.25, 0.3) is 22.5 Å². The molecule has 0 atom stereocenters. The zero-order valence-electron chi connectivity index (χ0n) is 11.9. The maximum Gasteiger partial charge on any atom is 0.155 e. The van der Waals surface area contributed by atoms with Gasteiger partial charge >= 0.3 is 0 Å². The van der Waals surface area contributed by atoms with Gasteiger partial charge in [-0.15, -0.1) is 0 Å². The van der Waals surface area contributed by atoms with Crippen molar-refractivity contribution in [3.05, 3.63) is 48.1 Å². The minimum atomic E-state index is 0.622. The molecular formula is C15H14N6O. The highest BCUT2D eigenvalue weighted by Crippen LogP contribution is 2.24. The van der Waals surface area contributed by atoms with Crippen LogP contribution >= 0.6 is 0 Å². The van der Waals surface area contributed by atoms with Gasteiger partial charge in [-0.1, -0.05) is 0 Å². The van der Waals surface area contributed by atoms with Gasteiger partial charge in [0.15, 0.2) is 11.4 Å². The van der Waals surface area contributed by atoms with Crippen molar-refractivity contribution in [3.8, 4) is 11.5 Å². The molecule has 0 aromatic carbocycles. The van der Waals surface area contributed by atoms with Gasteiger partial charge in [0.25, 0.3) is 0 Å². The van der Waals surface area contributed by atoms with Crippen LogP contribution in [0.15, 0.2) is 41.2 Å². The molecule has 0 amide bonds. The first kappa shape index (κ1) is 12.6. The number of hydrogen-bond acceptors (Lipinski definition) is 5. The molecule has 4 rings (SSSR count). The van der Waals surface area contributed by atoms with E-state index in [1.807, 2.05) is 25.1 Å². The minimum absolute atomic E-state index is 0.622. The van der Waals surface area contributed by atoms with E-state index < -0.39 is 0 Å². The number of fused-ring (bicyclic) bond motifs is 1. The molecule has 0 fully saturated rings. The average molecular weight is 294 g/mol. The van der Waals surface area contributed by atoms with E-state index in [9.17, 15) is 0 Å². The molecular weight excluding hydrogens is 280 g/mol. The Kier molecular flexibility index (Phi) is 2.89. The molecule has 0 spiro atoms.